The van der Waals surface area contributed by atoms with Crippen LogP contribution in [0.3, 0.4) is 0 Å². The topological polar surface area (TPSA) is 81.8 Å². The van der Waals surface area contributed by atoms with Crippen molar-refractivity contribution in [1.82, 2.24) is 0 Å². The Hall–Kier alpha value is -1.75. The third-order valence-corrected chi connectivity index (χ3v) is 3.21. The molecule has 5 nitrogen and oxygen atoms in total. The van der Waals surface area contributed by atoms with Gasteiger partial charge in [0.05, 0.1) is 14.2 Å². The maximum atomic E-state index is 11.0. The van der Waals surface area contributed by atoms with Gasteiger partial charge in [0.1, 0.15) is 17.0 Å². The summed E-state index contributed by atoms with van der Waals surface area (Å²) in [6.45, 7) is 0. The zero-order valence-corrected chi connectivity index (χ0v) is 9.77. The first-order valence-corrected chi connectivity index (χ1v) is 5.27. The van der Waals surface area contributed by atoms with E-state index >= 15 is 0 Å². The SMILES string of the molecule is COc1ccc(OC)c(C2CC2(N)C(=O)O)c1. The van der Waals surface area contributed by atoms with Gasteiger partial charge in [0.2, 0.25) is 0 Å². The van der Waals surface area contributed by atoms with Crippen molar-refractivity contribution < 1.29 is 19.4 Å². The Labute approximate surface area is 99.1 Å². The van der Waals surface area contributed by atoms with Crippen LogP contribution in [0.2, 0.25) is 0 Å². The van der Waals surface area contributed by atoms with Crippen LogP contribution in [0, 0.1) is 0 Å². The molecule has 2 unspecified atom stereocenters. The quantitative estimate of drug-likeness (QED) is 0.815. The zero-order valence-electron chi connectivity index (χ0n) is 9.77. The van der Waals surface area contributed by atoms with Gasteiger partial charge in [-0.15, -0.1) is 0 Å². The van der Waals surface area contributed by atoms with Crippen LogP contribution in [0.1, 0.15) is 17.9 Å². The van der Waals surface area contributed by atoms with E-state index in [0.717, 1.165) is 5.56 Å². The number of nitrogens with two attached hydrogens (primary N) is 1. The maximum absolute atomic E-state index is 11.0. The summed E-state index contributed by atoms with van der Waals surface area (Å²) in [6.07, 6.45) is 0.422. The van der Waals surface area contributed by atoms with Crippen LogP contribution in [0.4, 0.5) is 0 Å². The van der Waals surface area contributed by atoms with E-state index in [9.17, 15) is 4.79 Å². The van der Waals surface area contributed by atoms with Crippen molar-refractivity contribution in [2.24, 2.45) is 5.73 Å². The van der Waals surface area contributed by atoms with Gasteiger partial charge in [-0.05, 0) is 24.6 Å². The molecule has 2 rings (SSSR count). The van der Waals surface area contributed by atoms with Crippen molar-refractivity contribution in [1.29, 1.82) is 0 Å². The Balaban J connectivity index is 2.36. The highest BCUT2D eigenvalue weighted by Crippen LogP contribution is 2.52. The number of methoxy groups -OCH3 is 2. The fourth-order valence-electron chi connectivity index (χ4n) is 2.01. The third kappa shape index (κ3) is 1.82. The summed E-state index contributed by atoms with van der Waals surface area (Å²) in [4.78, 5) is 11.0. The Morgan fingerprint density at radius 1 is 1.47 bits per heavy atom. The normalized spacial score (nSPS) is 26.4. The van der Waals surface area contributed by atoms with Gasteiger partial charge >= 0.3 is 5.97 Å². The highest BCUT2D eigenvalue weighted by Gasteiger charge is 2.59. The van der Waals surface area contributed by atoms with Gasteiger partial charge in [-0.3, -0.25) is 4.79 Å². The van der Waals surface area contributed by atoms with E-state index < -0.39 is 11.5 Å². The number of hydrogen-bond acceptors (Lipinski definition) is 4. The molecule has 0 aliphatic heterocycles. The van der Waals surface area contributed by atoms with Crippen LogP contribution in [-0.4, -0.2) is 30.8 Å². The summed E-state index contributed by atoms with van der Waals surface area (Å²) in [5.41, 5.74) is 5.41. The average molecular weight is 237 g/mol. The van der Waals surface area contributed by atoms with Crippen molar-refractivity contribution >= 4 is 5.97 Å². The van der Waals surface area contributed by atoms with Crippen LogP contribution in [-0.2, 0) is 4.79 Å². The van der Waals surface area contributed by atoms with Gasteiger partial charge in [-0.2, -0.15) is 0 Å². The highest BCUT2D eigenvalue weighted by molar-refractivity contribution is 5.85. The molecule has 0 bridgehead atoms. The molecule has 0 spiro atoms. The van der Waals surface area contributed by atoms with Crippen molar-refractivity contribution in [3.8, 4) is 11.5 Å². The van der Waals surface area contributed by atoms with Crippen LogP contribution in [0.5, 0.6) is 11.5 Å². The predicted molar refractivity (Wildman–Crippen MR) is 61.5 cm³/mol. The molecule has 1 aliphatic rings. The summed E-state index contributed by atoms with van der Waals surface area (Å²) in [6, 6.07) is 5.31. The first-order chi connectivity index (χ1) is 8.02. The molecule has 0 saturated heterocycles. The largest absolute Gasteiger partial charge is 0.497 e. The lowest BCUT2D eigenvalue weighted by Gasteiger charge is -2.11. The monoisotopic (exact) mass is 237 g/mol. The van der Waals surface area contributed by atoms with E-state index in [4.69, 9.17) is 20.3 Å². The molecule has 0 heterocycles. The van der Waals surface area contributed by atoms with Gasteiger partial charge in [0.25, 0.3) is 0 Å². The van der Waals surface area contributed by atoms with Crippen molar-refractivity contribution in [3.63, 3.8) is 0 Å². The van der Waals surface area contributed by atoms with Gasteiger partial charge in [-0.25, -0.2) is 0 Å². The minimum atomic E-state index is -1.17. The van der Waals surface area contributed by atoms with Crippen LogP contribution >= 0.6 is 0 Å². The summed E-state index contributed by atoms with van der Waals surface area (Å²) in [5.74, 6) is 0.113. The number of hydrogen-bond donors (Lipinski definition) is 2. The standard InChI is InChI=1S/C12H15NO4/c1-16-7-3-4-10(17-2)8(5-7)9-6-12(9,13)11(14)15/h3-5,9H,6,13H2,1-2H3,(H,14,15). The summed E-state index contributed by atoms with van der Waals surface area (Å²) >= 11 is 0. The van der Waals surface area contributed by atoms with Crippen LogP contribution in [0.25, 0.3) is 0 Å². The van der Waals surface area contributed by atoms with Crippen LogP contribution < -0.4 is 15.2 Å². The lowest BCUT2D eigenvalue weighted by molar-refractivity contribution is -0.139. The van der Waals surface area contributed by atoms with Gasteiger partial charge < -0.3 is 20.3 Å². The third-order valence-electron chi connectivity index (χ3n) is 3.21. The summed E-state index contributed by atoms with van der Waals surface area (Å²) in [5, 5.41) is 9.04. The Kier molecular flexibility index (Phi) is 2.71. The molecular formula is C12H15NO4. The molecular weight excluding hydrogens is 222 g/mol. The van der Waals surface area contributed by atoms with Crippen molar-refractivity contribution in [2.45, 2.75) is 17.9 Å². The van der Waals surface area contributed by atoms with Crippen molar-refractivity contribution in [3.05, 3.63) is 23.8 Å². The van der Waals surface area contributed by atoms with Gasteiger partial charge in [0.15, 0.2) is 0 Å². The number of carboxylic acids is 1. The molecule has 1 aromatic carbocycles. The van der Waals surface area contributed by atoms with E-state index in [0.29, 0.717) is 17.9 Å². The lowest BCUT2D eigenvalue weighted by atomic mass is 10.0. The Morgan fingerprint density at radius 2 is 2.18 bits per heavy atom. The highest BCUT2D eigenvalue weighted by atomic mass is 16.5. The summed E-state index contributed by atoms with van der Waals surface area (Å²) < 4.78 is 10.3. The maximum Gasteiger partial charge on any atom is 0.324 e. The molecule has 17 heavy (non-hydrogen) atoms. The first kappa shape index (κ1) is 11.7. The fourth-order valence-corrected chi connectivity index (χ4v) is 2.01. The van der Waals surface area contributed by atoms with Gasteiger partial charge in [0, 0.05) is 11.5 Å². The Bertz CT molecular complexity index is 460. The second-order valence-electron chi connectivity index (χ2n) is 4.21. The number of benzene rings is 1. The number of carboxylic acid groups (broad SMARTS) is 1. The molecule has 3 N–H and O–H groups in total. The molecule has 0 aromatic heterocycles. The van der Waals surface area contributed by atoms with Crippen molar-refractivity contribution in [2.75, 3.05) is 14.2 Å². The smallest absolute Gasteiger partial charge is 0.324 e. The van der Waals surface area contributed by atoms with Crippen LogP contribution in [0.15, 0.2) is 18.2 Å². The molecule has 5 heteroatoms. The number of rotatable bonds is 4. The number of carbonyl (C=O) groups is 1. The molecule has 1 aromatic rings. The molecule has 1 aliphatic carbocycles. The molecule has 0 amide bonds. The average Bonchev–Trinajstić information content (AvgIpc) is 3.02. The van der Waals surface area contributed by atoms with E-state index in [2.05, 4.69) is 0 Å². The molecule has 0 radical (unpaired) electrons. The molecule has 92 valence electrons. The molecule has 2 atom stereocenters. The van der Waals surface area contributed by atoms with Gasteiger partial charge in [-0.1, -0.05) is 0 Å². The fraction of sp³-hybridized carbons (Fsp3) is 0.417. The second-order valence-corrected chi connectivity index (χ2v) is 4.21. The first-order valence-electron chi connectivity index (χ1n) is 5.27. The second kappa shape index (κ2) is 3.92. The molecule has 1 saturated carbocycles. The zero-order chi connectivity index (χ0) is 12.6. The predicted octanol–water partition coefficient (Wildman–Crippen LogP) is 0.973. The minimum Gasteiger partial charge on any atom is -0.497 e. The van der Waals surface area contributed by atoms with E-state index in [1.54, 1.807) is 32.4 Å². The van der Waals surface area contributed by atoms with E-state index in [1.165, 1.54) is 0 Å². The number of aliphatic carboxylic acids is 1. The van der Waals surface area contributed by atoms with E-state index in [1.807, 2.05) is 0 Å². The lowest BCUT2D eigenvalue weighted by Crippen LogP contribution is -2.34. The number of ether oxygens (including phenoxy) is 2. The summed E-state index contributed by atoms with van der Waals surface area (Å²) in [7, 11) is 3.11. The molecule has 1 fully saturated rings. The Morgan fingerprint density at radius 3 is 2.65 bits per heavy atom. The minimum absolute atomic E-state index is 0.218. The van der Waals surface area contributed by atoms with E-state index in [-0.39, 0.29) is 5.92 Å².